The van der Waals surface area contributed by atoms with Gasteiger partial charge in [0, 0.05) is 0 Å². The zero-order valence-corrected chi connectivity index (χ0v) is 7.41. The normalized spacial score (nSPS) is 46.4. The van der Waals surface area contributed by atoms with Crippen molar-refractivity contribution in [2.45, 2.75) is 13.3 Å². The lowest BCUT2D eigenvalue weighted by Crippen LogP contribution is -2.25. The summed E-state index contributed by atoms with van der Waals surface area (Å²) in [5, 5.41) is 2.43. The molecule has 2 aliphatic carbocycles. The third kappa shape index (κ3) is 0.705. The van der Waals surface area contributed by atoms with Gasteiger partial charge in [-0.3, -0.25) is 14.9 Å². The molecule has 2 amide bonds. The van der Waals surface area contributed by atoms with Crippen molar-refractivity contribution >= 4 is 11.8 Å². The molecule has 0 spiro atoms. The molecule has 1 saturated carbocycles. The van der Waals surface area contributed by atoms with Crippen molar-refractivity contribution in [1.82, 2.24) is 5.32 Å². The predicted octanol–water partition coefficient (Wildman–Crippen LogP) is 0.471. The van der Waals surface area contributed by atoms with Gasteiger partial charge in [-0.1, -0.05) is 11.6 Å². The molecule has 68 valence electrons. The van der Waals surface area contributed by atoms with Crippen molar-refractivity contribution in [2.24, 2.45) is 23.7 Å². The van der Waals surface area contributed by atoms with Gasteiger partial charge in [-0.15, -0.1) is 0 Å². The van der Waals surface area contributed by atoms with Crippen LogP contribution in [-0.2, 0) is 9.59 Å². The maximum atomic E-state index is 11.4. The van der Waals surface area contributed by atoms with Crippen LogP contribution >= 0.6 is 0 Å². The van der Waals surface area contributed by atoms with Crippen LogP contribution in [0.15, 0.2) is 11.6 Å². The highest BCUT2D eigenvalue weighted by molar-refractivity contribution is 6.06. The van der Waals surface area contributed by atoms with Gasteiger partial charge in [-0.05, 0) is 25.2 Å². The number of allylic oxidation sites excluding steroid dienone is 2. The van der Waals surface area contributed by atoms with E-state index in [2.05, 4.69) is 18.3 Å². The highest BCUT2D eigenvalue weighted by atomic mass is 16.2. The van der Waals surface area contributed by atoms with E-state index in [1.54, 1.807) is 0 Å². The summed E-state index contributed by atoms with van der Waals surface area (Å²) in [5.41, 5.74) is 1.30. The molecule has 0 aromatic rings. The molecule has 0 aromatic carbocycles. The first-order valence-corrected chi connectivity index (χ1v) is 4.71. The van der Waals surface area contributed by atoms with E-state index in [0.717, 1.165) is 6.42 Å². The van der Waals surface area contributed by atoms with Gasteiger partial charge >= 0.3 is 0 Å². The van der Waals surface area contributed by atoms with Gasteiger partial charge in [0.25, 0.3) is 0 Å². The Morgan fingerprint density at radius 2 is 2.00 bits per heavy atom. The topological polar surface area (TPSA) is 46.2 Å². The van der Waals surface area contributed by atoms with Crippen LogP contribution in [0.5, 0.6) is 0 Å². The summed E-state index contributed by atoms with van der Waals surface area (Å²) in [6.45, 7) is 2.07. The zero-order chi connectivity index (χ0) is 9.16. The number of imide groups is 1. The lowest BCUT2D eigenvalue weighted by atomic mass is 9.82. The number of rotatable bonds is 0. The third-order valence-corrected chi connectivity index (χ3v) is 3.72. The number of hydrogen-bond acceptors (Lipinski definition) is 2. The minimum Gasteiger partial charge on any atom is -0.296 e. The Morgan fingerprint density at radius 1 is 1.31 bits per heavy atom. The van der Waals surface area contributed by atoms with E-state index in [9.17, 15) is 9.59 Å². The molecule has 0 aromatic heterocycles. The average molecular weight is 177 g/mol. The van der Waals surface area contributed by atoms with E-state index < -0.39 is 0 Å². The van der Waals surface area contributed by atoms with Crippen LogP contribution in [0.2, 0.25) is 0 Å². The van der Waals surface area contributed by atoms with Gasteiger partial charge in [0.15, 0.2) is 0 Å². The SMILES string of the molecule is CC1=CC2CC1C1C(=O)NC(=O)C21. The number of amides is 2. The van der Waals surface area contributed by atoms with Gasteiger partial charge in [0.1, 0.15) is 0 Å². The van der Waals surface area contributed by atoms with E-state index in [4.69, 9.17) is 0 Å². The van der Waals surface area contributed by atoms with E-state index in [1.165, 1.54) is 5.57 Å². The second-order valence-corrected chi connectivity index (χ2v) is 4.32. The maximum Gasteiger partial charge on any atom is 0.231 e. The largest absolute Gasteiger partial charge is 0.296 e. The molecular weight excluding hydrogens is 166 g/mol. The van der Waals surface area contributed by atoms with E-state index in [0.29, 0.717) is 11.8 Å². The quantitative estimate of drug-likeness (QED) is 0.432. The molecule has 1 heterocycles. The van der Waals surface area contributed by atoms with Crippen LogP contribution < -0.4 is 5.32 Å². The summed E-state index contributed by atoms with van der Waals surface area (Å²) < 4.78 is 0. The second kappa shape index (κ2) is 2.03. The van der Waals surface area contributed by atoms with Gasteiger partial charge in [-0.25, -0.2) is 0 Å². The van der Waals surface area contributed by atoms with Crippen LogP contribution in [0.3, 0.4) is 0 Å². The molecule has 1 N–H and O–H groups in total. The molecule has 3 rings (SSSR count). The van der Waals surface area contributed by atoms with Crippen molar-refractivity contribution in [3.8, 4) is 0 Å². The molecule has 4 atom stereocenters. The fourth-order valence-electron chi connectivity index (χ4n) is 3.20. The fraction of sp³-hybridized carbons (Fsp3) is 0.600. The Morgan fingerprint density at radius 3 is 2.77 bits per heavy atom. The van der Waals surface area contributed by atoms with Crippen molar-refractivity contribution in [2.75, 3.05) is 0 Å². The summed E-state index contributed by atoms with van der Waals surface area (Å²) >= 11 is 0. The number of carbonyl (C=O) groups is 2. The number of carbonyl (C=O) groups excluding carboxylic acids is 2. The molecule has 13 heavy (non-hydrogen) atoms. The molecule has 3 heteroatoms. The predicted molar refractivity (Wildman–Crippen MR) is 45.5 cm³/mol. The summed E-state index contributed by atoms with van der Waals surface area (Å²) in [4.78, 5) is 22.8. The Balaban J connectivity index is 2.08. The summed E-state index contributed by atoms with van der Waals surface area (Å²) in [5.74, 6) is 0.507. The first kappa shape index (κ1) is 7.30. The van der Waals surface area contributed by atoms with E-state index in [1.807, 2.05) is 0 Å². The Hall–Kier alpha value is -1.12. The molecule has 3 aliphatic rings. The Bertz CT molecular complexity index is 345. The smallest absolute Gasteiger partial charge is 0.231 e. The molecule has 4 unspecified atom stereocenters. The molecule has 0 radical (unpaired) electrons. The van der Waals surface area contributed by atoms with Crippen molar-refractivity contribution in [3.63, 3.8) is 0 Å². The van der Waals surface area contributed by atoms with Crippen molar-refractivity contribution in [1.29, 1.82) is 0 Å². The van der Waals surface area contributed by atoms with Crippen LogP contribution in [0, 0.1) is 23.7 Å². The summed E-state index contributed by atoms with van der Waals surface area (Å²) in [7, 11) is 0. The highest BCUT2D eigenvalue weighted by Crippen LogP contribution is 2.53. The van der Waals surface area contributed by atoms with Crippen molar-refractivity contribution < 1.29 is 9.59 Å². The standard InChI is InChI=1S/C10H11NO2/c1-4-2-5-3-6(4)8-7(5)9(12)11-10(8)13/h2,5-8H,3H2,1H3,(H,11,12,13). The fourth-order valence-corrected chi connectivity index (χ4v) is 3.20. The molecule has 2 fully saturated rings. The first-order valence-electron chi connectivity index (χ1n) is 4.71. The third-order valence-electron chi connectivity index (χ3n) is 3.72. The lowest BCUT2D eigenvalue weighted by Gasteiger charge is -2.18. The summed E-state index contributed by atoms with van der Waals surface area (Å²) in [6.07, 6.45) is 3.18. The number of hydrogen-bond donors (Lipinski definition) is 1. The second-order valence-electron chi connectivity index (χ2n) is 4.32. The molecular formula is C10H11NO2. The van der Waals surface area contributed by atoms with Crippen LogP contribution in [0.25, 0.3) is 0 Å². The zero-order valence-electron chi connectivity index (χ0n) is 7.41. The van der Waals surface area contributed by atoms with Gasteiger partial charge in [0.2, 0.25) is 11.8 Å². The highest BCUT2D eigenvalue weighted by Gasteiger charge is 2.57. The molecule has 1 saturated heterocycles. The average Bonchev–Trinajstić information content (AvgIpc) is 2.64. The van der Waals surface area contributed by atoms with E-state index in [-0.39, 0.29) is 23.7 Å². The Labute approximate surface area is 76.2 Å². The van der Waals surface area contributed by atoms with Gasteiger partial charge in [-0.2, -0.15) is 0 Å². The minimum atomic E-state index is -0.0498. The molecule has 3 nitrogen and oxygen atoms in total. The van der Waals surface area contributed by atoms with Crippen LogP contribution in [0.4, 0.5) is 0 Å². The first-order chi connectivity index (χ1) is 6.18. The number of fused-ring (bicyclic) bond motifs is 5. The maximum absolute atomic E-state index is 11.4. The minimum absolute atomic E-state index is 0.0394. The van der Waals surface area contributed by atoms with Crippen LogP contribution in [-0.4, -0.2) is 11.8 Å². The van der Waals surface area contributed by atoms with Gasteiger partial charge in [0.05, 0.1) is 11.8 Å². The molecule has 2 bridgehead atoms. The van der Waals surface area contributed by atoms with Gasteiger partial charge < -0.3 is 0 Å². The van der Waals surface area contributed by atoms with Crippen LogP contribution in [0.1, 0.15) is 13.3 Å². The summed E-state index contributed by atoms with van der Waals surface area (Å²) in [6, 6.07) is 0. The molecule has 1 aliphatic heterocycles. The van der Waals surface area contributed by atoms with Crippen molar-refractivity contribution in [3.05, 3.63) is 11.6 Å². The lowest BCUT2D eigenvalue weighted by molar-refractivity contribution is -0.126. The number of nitrogens with one attached hydrogen (secondary N) is 1. The monoisotopic (exact) mass is 177 g/mol. The van der Waals surface area contributed by atoms with E-state index >= 15 is 0 Å². The Kier molecular flexibility index (Phi) is 1.14.